The van der Waals surface area contributed by atoms with Gasteiger partial charge in [0.25, 0.3) is 6.08 Å². The molecule has 1 radical (unpaired) electrons. The molecule has 0 N–H and O–H groups in total. The number of halogens is 2. The lowest BCUT2D eigenvalue weighted by molar-refractivity contribution is 0.208. The summed E-state index contributed by atoms with van der Waals surface area (Å²) in [6, 6.07) is 0. The van der Waals surface area contributed by atoms with E-state index in [2.05, 4.69) is 4.74 Å². The van der Waals surface area contributed by atoms with Crippen LogP contribution < -0.4 is 0 Å². The van der Waals surface area contributed by atoms with Crippen molar-refractivity contribution in [3.63, 3.8) is 0 Å². The molecular formula is C6H9F2O. The van der Waals surface area contributed by atoms with Crippen LogP contribution in [0.25, 0.3) is 0 Å². The van der Waals surface area contributed by atoms with Gasteiger partial charge in [0.15, 0.2) is 0 Å². The molecule has 0 spiro atoms. The standard InChI is InChI=1S/C6H9F2O/c1-2-9-5-3-4-6(7)8/h2,4H,3,5H2,1H3. The highest BCUT2D eigenvalue weighted by Gasteiger charge is 1.86. The molecule has 9 heavy (non-hydrogen) atoms. The van der Waals surface area contributed by atoms with Crippen molar-refractivity contribution in [2.75, 3.05) is 6.61 Å². The van der Waals surface area contributed by atoms with Gasteiger partial charge in [-0.3, -0.25) is 0 Å². The van der Waals surface area contributed by atoms with Gasteiger partial charge in [-0.1, -0.05) is 0 Å². The smallest absolute Gasteiger partial charge is 0.266 e. The molecule has 0 atom stereocenters. The summed E-state index contributed by atoms with van der Waals surface area (Å²) in [5.74, 6) is 0. The van der Waals surface area contributed by atoms with Gasteiger partial charge < -0.3 is 4.74 Å². The second-order valence-corrected chi connectivity index (χ2v) is 1.39. The molecule has 0 aliphatic carbocycles. The van der Waals surface area contributed by atoms with Crippen LogP contribution in [0.5, 0.6) is 0 Å². The molecule has 0 aromatic rings. The third-order valence-electron chi connectivity index (χ3n) is 0.701. The van der Waals surface area contributed by atoms with Crippen molar-refractivity contribution in [1.82, 2.24) is 0 Å². The third kappa shape index (κ3) is 7.56. The zero-order valence-corrected chi connectivity index (χ0v) is 5.23. The second kappa shape index (κ2) is 5.69. The maximum Gasteiger partial charge on any atom is 0.266 e. The summed E-state index contributed by atoms with van der Waals surface area (Å²) in [6.45, 7) is 3.51. The highest BCUT2D eigenvalue weighted by atomic mass is 19.3. The summed E-state index contributed by atoms with van der Waals surface area (Å²) in [6.07, 6.45) is -0.536. The van der Waals surface area contributed by atoms with E-state index in [4.69, 9.17) is 0 Å². The van der Waals surface area contributed by atoms with E-state index in [-0.39, 0.29) is 6.42 Å². The van der Waals surface area contributed by atoms with E-state index in [1.165, 1.54) is 6.61 Å². The van der Waals surface area contributed by atoms with Gasteiger partial charge in [0.05, 0.1) is 13.2 Å². The molecule has 1 nitrogen and oxygen atoms in total. The third-order valence-corrected chi connectivity index (χ3v) is 0.701. The highest BCUT2D eigenvalue weighted by Crippen LogP contribution is 1.98. The van der Waals surface area contributed by atoms with E-state index in [1.807, 2.05) is 0 Å². The topological polar surface area (TPSA) is 9.23 Å². The van der Waals surface area contributed by atoms with E-state index in [0.29, 0.717) is 6.61 Å². The van der Waals surface area contributed by atoms with Gasteiger partial charge >= 0.3 is 0 Å². The van der Waals surface area contributed by atoms with Crippen molar-refractivity contribution in [3.05, 3.63) is 18.8 Å². The number of ether oxygens (including phenoxy) is 1. The monoisotopic (exact) mass is 135 g/mol. The van der Waals surface area contributed by atoms with Gasteiger partial charge in [0.2, 0.25) is 0 Å². The Hall–Kier alpha value is -0.440. The molecule has 0 fully saturated rings. The normalized spacial score (nSPS) is 9.22. The van der Waals surface area contributed by atoms with Crippen molar-refractivity contribution in [3.8, 4) is 0 Å². The Labute approximate surface area is 53.3 Å². The maximum absolute atomic E-state index is 11.3. The van der Waals surface area contributed by atoms with Crippen LogP contribution in [-0.2, 0) is 4.74 Å². The van der Waals surface area contributed by atoms with Gasteiger partial charge in [0, 0.05) is 0 Å². The van der Waals surface area contributed by atoms with Crippen LogP contribution in [0.3, 0.4) is 0 Å². The van der Waals surface area contributed by atoms with Crippen molar-refractivity contribution >= 4 is 0 Å². The summed E-state index contributed by atoms with van der Waals surface area (Å²) in [4.78, 5) is 0. The summed E-state index contributed by atoms with van der Waals surface area (Å²) >= 11 is 0. The predicted molar refractivity (Wildman–Crippen MR) is 30.8 cm³/mol. The lowest BCUT2D eigenvalue weighted by Gasteiger charge is -1.92. The molecule has 0 saturated carbocycles. The van der Waals surface area contributed by atoms with Gasteiger partial charge in [-0.15, -0.1) is 0 Å². The molecular weight excluding hydrogens is 126 g/mol. The van der Waals surface area contributed by atoms with E-state index in [1.54, 1.807) is 6.92 Å². The fourth-order valence-corrected chi connectivity index (χ4v) is 0.354. The SMILES string of the molecule is C[CH]OCCC=C(F)F. The van der Waals surface area contributed by atoms with Crippen LogP contribution >= 0.6 is 0 Å². The van der Waals surface area contributed by atoms with Crippen molar-refractivity contribution in [2.45, 2.75) is 13.3 Å². The molecule has 0 saturated heterocycles. The summed E-state index contributed by atoms with van der Waals surface area (Å²) < 4.78 is 27.2. The molecule has 0 amide bonds. The lowest BCUT2D eigenvalue weighted by Crippen LogP contribution is -1.85. The van der Waals surface area contributed by atoms with Gasteiger partial charge in [-0.25, -0.2) is 0 Å². The molecule has 3 heteroatoms. The van der Waals surface area contributed by atoms with Crippen molar-refractivity contribution < 1.29 is 13.5 Å². The molecule has 0 heterocycles. The van der Waals surface area contributed by atoms with Crippen molar-refractivity contribution in [2.24, 2.45) is 0 Å². The molecule has 0 aliphatic heterocycles. The number of rotatable bonds is 4. The van der Waals surface area contributed by atoms with Gasteiger partial charge in [-0.2, -0.15) is 8.78 Å². The van der Waals surface area contributed by atoms with Crippen LogP contribution in [0, 0.1) is 6.61 Å². The Bertz CT molecular complexity index is 87.1. The average Bonchev–Trinajstić information content (AvgIpc) is 1.80. The van der Waals surface area contributed by atoms with Crippen molar-refractivity contribution in [1.29, 1.82) is 0 Å². The molecule has 0 bridgehead atoms. The fourth-order valence-electron chi connectivity index (χ4n) is 0.354. The minimum Gasteiger partial charge on any atom is -0.375 e. The Morgan fingerprint density at radius 2 is 2.22 bits per heavy atom. The first kappa shape index (κ1) is 8.56. The van der Waals surface area contributed by atoms with Gasteiger partial charge in [-0.05, 0) is 19.4 Å². The van der Waals surface area contributed by atoms with E-state index in [9.17, 15) is 8.78 Å². The Kier molecular flexibility index (Phi) is 5.41. The Morgan fingerprint density at radius 1 is 1.56 bits per heavy atom. The van der Waals surface area contributed by atoms with Crippen LogP contribution in [0.2, 0.25) is 0 Å². The second-order valence-electron chi connectivity index (χ2n) is 1.39. The first-order valence-electron chi connectivity index (χ1n) is 2.68. The van der Waals surface area contributed by atoms with Crippen LogP contribution in [0.1, 0.15) is 13.3 Å². The first-order valence-corrected chi connectivity index (χ1v) is 2.68. The zero-order valence-electron chi connectivity index (χ0n) is 5.23. The average molecular weight is 135 g/mol. The molecule has 0 rings (SSSR count). The molecule has 0 unspecified atom stereocenters. The summed E-state index contributed by atoms with van der Waals surface area (Å²) in [5.41, 5.74) is 0. The zero-order chi connectivity index (χ0) is 7.11. The quantitative estimate of drug-likeness (QED) is 0.537. The minimum absolute atomic E-state index is 0.271. The molecule has 53 valence electrons. The Morgan fingerprint density at radius 3 is 2.67 bits per heavy atom. The maximum atomic E-state index is 11.3. The molecule has 0 aromatic carbocycles. The fraction of sp³-hybridized carbons (Fsp3) is 0.500. The highest BCUT2D eigenvalue weighted by molar-refractivity contribution is 4.79. The lowest BCUT2D eigenvalue weighted by atomic mass is 10.4. The van der Waals surface area contributed by atoms with Crippen LogP contribution in [0.4, 0.5) is 8.78 Å². The van der Waals surface area contributed by atoms with Crippen LogP contribution in [-0.4, -0.2) is 6.61 Å². The predicted octanol–water partition coefficient (Wildman–Crippen LogP) is 2.36. The van der Waals surface area contributed by atoms with E-state index in [0.717, 1.165) is 6.08 Å². The summed E-state index contributed by atoms with van der Waals surface area (Å²) in [7, 11) is 0. The van der Waals surface area contributed by atoms with Crippen LogP contribution in [0.15, 0.2) is 12.2 Å². The Balaban J connectivity index is 3.00. The van der Waals surface area contributed by atoms with Gasteiger partial charge in [0.1, 0.15) is 0 Å². The largest absolute Gasteiger partial charge is 0.375 e. The minimum atomic E-state index is -1.64. The molecule has 0 aliphatic rings. The number of hydrogen-bond donors (Lipinski definition) is 0. The van der Waals surface area contributed by atoms with E-state index >= 15 is 0 Å². The van der Waals surface area contributed by atoms with E-state index < -0.39 is 6.08 Å². The number of hydrogen-bond acceptors (Lipinski definition) is 1. The summed E-state index contributed by atoms with van der Waals surface area (Å²) in [5, 5.41) is 0. The molecule has 0 aromatic heterocycles. The first-order chi connectivity index (χ1) is 4.27.